The standard InChI is InChI=1S/C14H10FN5O/c15-12-9-16-6-4-11(12)14(21)19-10-2-3-13(17-8-10)20-7-1-5-18-20/h1-9H,(H,19,21). The van der Waals surface area contributed by atoms with Crippen molar-refractivity contribution in [2.45, 2.75) is 0 Å². The van der Waals surface area contributed by atoms with Gasteiger partial charge in [-0.25, -0.2) is 14.1 Å². The summed E-state index contributed by atoms with van der Waals surface area (Å²) in [5.74, 6) is -0.604. The Labute approximate surface area is 119 Å². The van der Waals surface area contributed by atoms with Gasteiger partial charge in [0.1, 0.15) is 0 Å². The molecule has 6 nitrogen and oxygen atoms in total. The van der Waals surface area contributed by atoms with Crippen LogP contribution in [0.2, 0.25) is 0 Å². The molecule has 0 unspecified atom stereocenters. The van der Waals surface area contributed by atoms with Crippen LogP contribution in [-0.4, -0.2) is 25.7 Å². The average Bonchev–Trinajstić information content (AvgIpc) is 3.02. The number of hydrogen-bond donors (Lipinski definition) is 1. The highest BCUT2D eigenvalue weighted by atomic mass is 19.1. The third-order valence-electron chi connectivity index (χ3n) is 2.76. The lowest BCUT2D eigenvalue weighted by atomic mass is 10.2. The van der Waals surface area contributed by atoms with Crippen LogP contribution in [-0.2, 0) is 0 Å². The number of aromatic nitrogens is 4. The van der Waals surface area contributed by atoms with Crippen LogP contribution in [0.5, 0.6) is 0 Å². The van der Waals surface area contributed by atoms with Crippen molar-refractivity contribution in [3.8, 4) is 5.82 Å². The number of rotatable bonds is 3. The molecule has 1 N–H and O–H groups in total. The van der Waals surface area contributed by atoms with E-state index in [9.17, 15) is 9.18 Å². The predicted octanol–water partition coefficient (Wildman–Crippen LogP) is 2.05. The Morgan fingerprint density at radius 2 is 2.10 bits per heavy atom. The summed E-state index contributed by atoms with van der Waals surface area (Å²) < 4.78 is 15.0. The second kappa shape index (κ2) is 5.49. The van der Waals surface area contributed by atoms with Crippen LogP contribution in [0.25, 0.3) is 5.82 Å². The Kier molecular flexibility index (Phi) is 3.38. The summed E-state index contributed by atoms with van der Waals surface area (Å²) >= 11 is 0. The van der Waals surface area contributed by atoms with Crippen molar-refractivity contribution in [1.29, 1.82) is 0 Å². The minimum absolute atomic E-state index is 0.0684. The third-order valence-corrected chi connectivity index (χ3v) is 2.76. The Bertz CT molecular complexity index is 755. The van der Waals surface area contributed by atoms with Gasteiger partial charge in [-0.1, -0.05) is 0 Å². The highest BCUT2D eigenvalue weighted by molar-refractivity contribution is 6.04. The monoisotopic (exact) mass is 283 g/mol. The Hall–Kier alpha value is -3.09. The van der Waals surface area contributed by atoms with E-state index >= 15 is 0 Å². The molecule has 0 spiro atoms. The molecule has 0 radical (unpaired) electrons. The Morgan fingerprint density at radius 3 is 2.76 bits per heavy atom. The maximum atomic E-state index is 13.4. The average molecular weight is 283 g/mol. The SMILES string of the molecule is O=C(Nc1ccc(-n2cccn2)nc1)c1ccncc1F. The Balaban J connectivity index is 1.77. The van der Waals surface area contributed by atoms with E-state index in [0.717, 1.165) is 6.20 Å². The number of carbonyl (C=O) groups is 1. The molecule has 0 aliphatic heterocycles. The lowest BCUT2D eigenvalue weighted by Crippen LogP contribution is -2.14. The summed E-state index contributed by atoms with van der Waals surface area (Å²) in [6.07, 6.45) is 7.23. The van der Waals surface area contributed by atoms with Crippen molar-refractivity contribution >= 4 is 11.6 Å². The molecule has 3 rings (SSSR count). The van der Waals surface area contributed by atoms with Gasteiger partial charge in [-0.15, -0.1) is 0 Å². The lowest BCUT2D eigenvalue weighted by molar-refractivity contribution is 0.102. The fraction of sp³-hybridized carbons (Fsp3) is 0. The number of halogens is 1. The van der Waals surface area contributed by atoms with Crippen LogP contribution < -0.4 is 5.32 Å². The van der Waals surface area contributed by atoms with E-state index in [1.165, 1.54) is 18.5 Å². The van der Waals surface area contributed by atoms with Gasteiger partial charge in [0, 0.05) is 18.6 Å². The second-order valence-electron chi connectivity index (χ2n) is 4.17. The van der Waals surface area contributed by atoms with Gasteiger partial charge in [0.15, 0.2) is 11.6 Å². The highest BCUT2D eigenvalue weighted by Crippen LogP contribution is 2.12. The van der Waals surface area contributed by atoms with E-state index in [0.29, 0.717) is 11.5 Å². The molecule has 21 heavy (non-hydrogen) atoms. The fourth-order valence-electron chi connectivity index (χ4n) is 1.76. The van der Waals surface area contributed by atoms with E-state index in [1.54, 1.807) is 35.3 Å². The van der Waals surface area contributed by atoms with E-state index in [4.69, 9.17) is 0 Å². The third kappa shape index (κ3) is 2.76. The van der Waals surface area contributed by atoms with E-state index < -0.39 is 11.7 Å². The van der Waals surface area contributed by atoms with Gasteiger partial charge in [0.05, 0.1) is 23.6 Å². The minimum Gasteiger partial charge on any atom is -0.320 e. The van der Waals surface area contributed by atoms with Crippen molar-refractivity contribution in [3.63, 3.8) is 0 Å². The van der Waals surface area contributed by atoms with Gasteiger partial charge in [-0.2, -0.15) is 5.10 Å². The summed E-state index contributed by atoms with van der Waals surface area (Å²) in [7, 11) is 0. The first-order valence-electron chi connectivity index (χ1n) is 6.11. The van der Waals surface area contributed by atoms with E-state index in [1.807, 2.05) is 0 Å². The quantitative estimate of drug-likeness (QED) is 0.798. The number of nitrogens with one attached hydrogen (secondary N) is 1. The molecular formula is C14H10FN5O. The summed E-state index contributed by atoms with van der Waals surface area (Å²) in [6.45, 7) is 0. The number of amides is 1. The van der Waals surface area contributed by atoms with Crippen molar-refractivity contribution in [3.05, 3.63) is 66.6 Å². The molecule has 0 fully saturated rings. The van der Waals surface area contributed by atoms with Crippen molar-refractivity contribution < 1.29 is 9.18 Å². The van der Waals surface area contributed by atoms with Crippen LogP contribution in [0.4, 0.5) is 10.1 Å². The molecule has 0 saturated heterocycles. The molecule has 7 heteroatoms. The zero-order chi connectivity index (χ0) is 14.7. The van der Waals surface area contributed by atoms with Crippen LogP contribution >= 0.6 is 0 Å². The van der Waals surface area contributed by atoms with Crippen molar-refractivity contribution in [2.24, 2.45) is 0 Å². The first kappa shape index (κ1) is 12.9. The summed E-state index contributed by atoms with van der Waals surface area (Å²) in [4.78, 5) is 19.7. The zero-order valence-corrected chi connectivity index (χ0v) is 10.8. The normalized spacial score (nSPS) is 10.3. The molecule has 0 bridgehead atoms. The van der Waals surface area contributed by atoms with Crippen LogP contribution in [0.1, 0.15) is 10.4 Å². The topological polar surface area (TPSA) is 72.7 Å². The second-order valence-corrected chi connectivity index (χ2v) is 4.17. The first-order valence-corrected chi connectivity index (χ1v) is 6.11. The van der Waals surface area contributed by atoms with E-state index in [2.05, 4.69) is 20.4 Å². The molecule has 0 aliphatic rings. The van der Waals surface area contributed by atoms with Crippen molar-refractivity contribution in [1.82, 2.24) is 19.7 Å². The molecule has 0 aliphatic carbocycles. The smallest absolute Gasteiger partial charge is 0.258 e. The fourth-order valence-corrected chi connectivity index (χ4v) is 1.76. The van der Waals surface area contributed by atoms with E-state index in [-0.39, 0.29) is 5.56 Å². The number of carbonyl (C=O) groups excluding carboxylic acids is 1. The molecule has 1 amide bonds. The maximum absolute atomic E-state index is 13.4. The van der Waals surface area contributed by atoms with Gasteiger partial charge < -0.3 is 5.32 Å². The van der Waals surface area contributed by atoms with Crippen LogP contribution in [0.3, 0.4) is 0 Å². The first-order chi connectivity index (χ1) is 10.2. The molecule has 104 valence electrons. The summed E-state index contributed by atoms with van der Waals surface area (Å²) in [5.41, 5.74) is 0.397. The van der Waals surface area contributed by atoms with Gasteiger partial charge in [-0.3, -0.25) is 9.78 Å². The number of nitrogens with zero attached hydrogens (tertiary/aromatic N) is 4. The summed E-state index contributed by atoms with van der Waals surface area (Å²) in [5, 5.41) is 6.62. The minimum atomic E-state index is -0.670. The molecule has 0 aromatic carbocycles. The van der Waals surface area contributed by atoms with Crippen LogP contribution in [0.15, 0.2) is 55.2 Å². The highest BCUT2D eigenvalue weighted by Gasteiger charge is 2.11. The number of pyridine rings is 2. The Morgan fingerprint density at radius 1 is 1.19 bits per heavy atom. The largest absolute Gasteiger partial charge is 0.320 e. The molecular weight excluding hydrogens is 273 g/mol. The molecule has 0 saturated carbocycles. The lowest BCUT2D eigenvalue weighted by Gasteiger charge is -2.06. The van der Waals surface area contributed by atoms with Gasteiger partial charge >= 0.3 is 0 Å². The number of hydrogen-bond acceptors (Lipinski definition) is 4. The maximum Gasteiger partial charge on any atom is 0.258 e. The van der Waals surface area contributed by atoms with Gasteiger partial charge in [0.25, 0.3) is 5.91 Å². The van der Waals surface area contributed by atoms with Gasteiger partial charge in [0.2, 0.25) is 0 Å². The van der Waals surface area contributed by atoms with Gasteiger partial charge in [-0.05, 0) is 24.3 Å². The molecule has 0 atom stereocenters. The molecule has 3 heterocycles. The number of anilines is 1. The predicted molar refractivity (Wildman–Crippen MR) is 73.5 cm³/mol. The van der Waals surface area contributed by atoms with Crippen LogP contribution in [0, 0.1) is 5.82 Å². The van der Waals surface area contributed by atoms with Crippen molar-refractivity contribution in [2.75, 3.05) is 5.32 Å². The summed E-state index contributed by atoms with van der Waals surface area (Å²) in [6, 6.07) is 6.46. The molecule has 3 aromatic rings. The molecule has 3 aromatic heterocycles. The zero-order valence-electron chi connectivity index (χ0n) is 10.8.